The molecule has 0 fully saturated rings. The molecule has 0 aliphatic rings. The molecule has 136 valence electrons. The Morgan fingerprint density at radius 1 is 1.07 bits per heavy atom. The average Bonchev–Trinajstić information content (AvgIpc) is 2.65. The fourth-order valence-electron chi connectivity index (χ4n) is 2.63. The lowest BCUT2D eigenvalue weighted by atomic mass is 10.1. The van der Waals surface area contributed by atoms with Crippen LogP contribution in [0.15, 0.2) is 53.3 Å². The molecule has 3 aromatic rings. The van der Waals surface area contributed by atoms with E-state index in [9.17, 15) is 19.2 Å². The molecule has 3 rings (SSSR count). The van der Waals surface area contributed by atoms with E-state index >= 15 is 0 Å². The molecule has 0 atom stereocenters. The highest BCUT2D eigenvalue weighted by atomic mass is 35.5. The van der Waals surface area contributed by atoms with Crippen molar-refractivity contribution < 1.29 is 19.5 Å². The summed E-state index contributed by atoms with van der Waals surface area (Å²) in [6.45, 7) is -0.0726. The number of Topliss-reactive ketones (excluding diaryl/α,β-unsaturated/α-hetero) is 1. The standard InChI is InChI=1S/C19H13ClN2O5/c20-13-6-11-8-14(19(26)27)17(24)22-15(11)12(7-13)9-21-18(25)16(23)10-4-2-1-3-5-10/h1-8H,9H2,(H,21,25)(H,22,24)(H,26,27). The molecular weight excluding hydrogens is 372 g/mol. The second-order valence-corrected chi connectivity index (χ2v) is 6.16. The summed E-state index contributed by atoms with van der Waals surface area (Å²) < 4.78 is 0. The second-order valence-electron chi connectivity index (χ2n) is 5.72. The number of aromatic nitrogens is 1. The predicted molar refractivity (Wildman–Crippen MR) is 99.2 cm³/mol. The Morgan fingerprint density at radius 2 is 1.78 bits per heavy atom. The number of pyridine rings is 1. The van der Waals surface area contributed by atoms with E-state index in [0.29, 0.717) is 21.5 Å². The van der Waals surface area contributed by atoms with Gasteiger partial charge in [-0.2, -0.15) is 0 Å². The van der Waals surface area contributed by atoms with Crippen molar-refractivity contribution in [3.05, 3.63) is 80.6 Å². The topological polar surface area (TPSA) is 116 Å². The van der Waals surface area contributed by atoms with Crippen molar-refractivity contribution in [2.24, 2.45) is 0 Å². The van der Waals surface area contributed by atoms with Gasteiger partial charge in [0.25, 0.3) is 11.5 Å². The Kier molecular flexibility index (Phi) is 5.05. The summed E-state index contributed by atoms with van der Waals surface area (Å²) in [5.74, 6) is -2.86. The highest BCUT2D eigenvalue weighted by Crippen LogP contribution is 2.22. The quantitative estimate of drug-likeness (QED) is 0.461. The van der Waals surface area contributed by atoms with E-state index in [4.69, 9.17) is 16.7 Å². The van der Waals surface area contributed by atoms with Gasteiger partial charge in [-0.3, -0.25) is 14.4 Å². The van der Waals surface area contributed by atoms with Gasteiger partial charge in [-0.1, -0.05) is 41.9 Å². The van der Waals surface area contributed by atoms with Crippen LogP contribution < -0.4 is 10.9 Å². The SMILES string of the molecule is O=C(NCc1cc(Cl)cc2cc(C(=O)O)c(=O)[nH]c12)C(=O)c1ccccc1. The summed E-state index contributed by atoms with van der Waals surface area (Å²) in [7, 11) is 0. The van der Waals surface area contributed by atoms with Crippen LogP contribution in [0.2, 0.25) is 5.02 Å². The Bertz CT molecular complexity index is 1120. The third-order valence-corrected chi connectivity index (χ3v) is 4.13. The minimum absolute atomic E-state index is 0.0726. The van der Waals surface area contributed by atoms with Crippen LogP contribution in [0.4, 0.5) is 0 Å². The number of carbonyl (C=O) groups excluding carboxylic acids is 2. The third kappa shape index (κ3) is 3.88. The van der Waals surface area contributed by atoms with Crippen LogP contribution in [0.5, 0.6) is 0 Å². The van der Waals surface area contributed by atoms with Crippen molar-refractivity contribution in [1.29, 1.82) is 0 Å². The van der Waals surface area contributed by atoms with Crippen LogP contribution in [0.25, 0.3) is 10.9 Å². The number of hydrogen-bond donors (Lipinski definition) is 3. The number of benzene rings is 2. The van der Waals surface area contributed by atoms with Gasteiger partial charge >= 0.3 is 5.97 Å². The van der Waals surface area contributed by atoms with Crippen molar-refractivity contribution in [2.75, 3.05) is 0 Å². The maximum absolute atomic E-state index is 12.1. The van der Waals surface area contributed by atoms with Gasteiger partial charge in [-0.15, -0.1) is 0 Å². The molecule has 0 saturated heterocycles. The van der Waals surface area contributed by atoms with Crippen LogP contribution in [0, 0.1) is 0 Å². The van der Waals surface area contributed by atoms with Gasteiger partial charge in [0.1, 0.15) is 5.56 Å². The minimum atomic E-state index is -1.36. The smallest absolute Gasteiger partial charge is 0.341 e. The van der Waals surface area contributed by atoms with E-state index < -0.39 is 28.8 Å². The second kappa shape index (κ2) is 7.43. The van der Waals surface area contributed by atoms with Crippen LogP contribution >= 0.6 is 11.6 Å². The number of H-pyrrole nitrogens is 1. The fourth-order valence-corrected chi connectivity index (χ4v) is 2.88. The Labute approximate surface area is 157 Å². The largest absolute Gasteiger partial charge is 0.477 e. The number of nitrogens with one attached hydrogen (secondary N) is 2. The molecule has 1 heterocycles. The van der Waals surface area contributed by atoms with Crippen LogP contribution in [0.1, 0.15) is 26.3 Å². The molecule has 0 spiro atoms. The highest BCUT2D eigenvalue weighted by Gasteiger charge is 2.17. The fraction of sp³-hybridized carbons (Fsp3) is 0.0526. The molecule has 0 saturated carbocycles. The van der Waals surface area contributed by atoms with Crippen molar-refractivity contribution in [3.63, 3.8) is 0 Å². The molecule has 0 aliphatic carbocycles. The lowest BCUT2D eigenvalue weighted by Crippen LogP contribution is -2.30. The molecule has 2 aromatic carbocycles. The van der Waals surface area contributed by atoms with Gasteiger partial charge in [0.15, 0.2) is 0 Å². The maximum atomic E-state index is 12.1. The highest BCUT2D eigenvalue weighted by molar-refractivity contribution is 6.42. The van der Waals surface area contributed by atoms with E-state index in [1.165, 1.54) is 30.3 Å². The number of ketones is 1. The van der Waals surface area contributed by atoms with Gasteiger partial charge in [0, 0.05) is 22.5 Å². The summed E-state index contributed by atoms with van der Waals surface area (Å²) >= 11 is 6.05. The number of halogens is 1. The Balaban J connectivity index is 1.89. The summed E-state index contributed by atoms with van der Waals surface area (Å²) in [6.07, 6.45) is 0. The first-order chi connectivity index (χ1) is 12.9. The van der Waals surface area contributed by atoms with Crippen molar-refractivity contribution in [1.82, 2.24) is 10.3 Å². The molecule has 8 heteroatoms. The number of hydrogen-bond acceptors (Lipinski definition) is 4. The van der Waals surface area contributed by atoms with Gasteiger partial charge in [0.05, 0.1) is 5.52 Å². The van der Waals surface area contributed by atoms with Crippen molar-refractivity contribution in [3.8, 4) is 0 Å². The monoisotopic (exact) mass is 384 g/mol. The lowest BCUT2D eigenvalue weighted by molar-refractivity contribution is -0.117. The summed E-state index contributed by atoms with van der Waals surface area (Å²) in [5.41, 5.74) is -0.155. The first-order valence-electron chi connectivity index (χ1n) is 7.83. The zero-order valence-corrected chi connectivity index (χ0v) is 14.5. The molecular formula is C19H13ClN2O5. The summed E-state index contributed by atoms with van der Waals surface area (Å²) in [6, 6.07) is 12.3. The first-order valence-corrected chi connectivity index (χ1v) is 8.21. The summed E-state index contributed by atoms with van der Waals surface area (Å²) in [4.78, 5) is 49.7. The van der Waals surface area contributed by atoms with Crippen molar-refractivity contribution in [2.45, 2.75) is 6.54 Å². The van der Waals surface area contributed by atoms with Gasteiger partial charge < -0.3 is 15.4 Å². The maximum Gasteiger partial charge on any atom is 0.341 e. The minimum Gasteiger partial charge on any atom is -0.477 e. The normalized spacial score (nSPS) is 10.6. The van der Waals surface area contributed by atoms with Crippen molar-refractivity contribution >= 4 is 40.2 Å². The lowest BCUT2D eigenvalue weighted by Gasteiger charge is -2.10. The molecule has 0 unspecified atom stereocenters. The number of aromatic carboxylic acids is 1. The van der Waals surface area contributed by atoms with Gasteiger partial charge in [-0.25, -0.2) is 4.79 Å². The number of aromatic amines is 1. The molecule has 3 N–H and O–H groups in total. The number of fused-ring (bicyclic) bond motifs is 1. The molecule has 7 nitrogen and oxygen atoms in total. The molecule has 1 amide bonds. The van der Waals surface area contributed by atoms with E-state index in [0.717, 1.165) is 0 Å². The number of carboxylic acid groups (broad SMARTS) is 1. The first kappa shape index (κ1) is 18.3. The number of rotatable bonds is 5. The van der Waals surface area contributed by atoms with Crippen LogP contribution in [0.3, 0.4) is 0 Å². The Morgan fingerprint density at radius 3 is 2.44 bits per heavy atom. The predicted octanol–water partition coefficient (Wildman–Crippen LogP) is 2.38. The van der Waals surface area contributed by atoms with Crippen LogP contribution in [-0.2, 0) is 11.3 Å². The number of amides is 1. The molecule has 0 bridgehead atoms. The average molecular weight is 385 g/mol. The van der Waals surface area contributed by atoms with Crippen LogP contribution in [-0.4, -0.2) is 27.8 Å². The number of carbonyl (C=O) groups is 3. The van der Waals surface area contributed by atoms with E-state index in [-0.39, 0.29) is 12.1 Å². The zero-order valence-electron chi connectivity index (χ0n) is 13.8. The van der Waals surface area contributed by atoms with E-state index in [2.05, 4.69) is 10.3 Å². The Hall–Kier alpha value is -3.45. The van der Waals surface area contributed by atoms with E-state index in [1.54, 1.807) is 18.2 Å². The number of carboxylic acids is 1. The summed E-state index contributed by atoms with van der Waals surface area (Å²) in [5, 5.41) is 12.2. The molecule has 0 aliphatic heterocycles. The zero-order chi connectivity index (χ0) is 19.6. The third-order valence-electron chi connectivity index (χ3n) is 3.91. The molecule has 27 heavy (non-hydrogen) atoms. The van der Waals surface area contributed by atoms with E-state index in [1.807, 2.05) is 0 Å². The van der Waals surface area contributed by atoms with Gasteiger partial charge in [0.2, 0.25) is 5.78 Å². The molecule has 1 aromatic heterocycles. The van der Waals surface area contributed by atoms with Gasteiger partial charge in [-0.05, 0) is 23.8 Å². The molecule has 0 radical (unpaired) electrons.